The first-order chi connectivity index (χ1) is 13.1. The van der Waals surface area contributed by atoms with Gasteiger partial charge < -0.3 is 24.1 Å². The van der Waals surface area contributed by atoms with Crippen LogP contribution < -0.4 is 0 Å². The predicted octanol–water partition coefficient (Wildman–Crippen LogP) is 3.37. The zero-order chi connectivity index (χ0) is 18.6. The van der Waals surface area contributed by atoms with Crippen molar-refractivity contribution in [2.24, 2.45) is 5.41 Å². The molecular weight excluding hydrogens is 344 g/mol. The van der Waals surface area contributed by atoms with E-state index in [4.69, 9.17) is 18.9 Å². The minimum Gasteiger partial charge on any atom is -0.392 e. The lowest BCUT2D eigenvalue weighted by atomic mass is 9.81. The summed E-state index contributed by atoms with van der Waals surface area (Å²) in [5, 5.41) is 9.77. The van der Waals surface area contributed by atoms with Gasteiger partial charge in [-0.05, 0) is 60.6 Å². The monoisotopic (exact) mass is 368 g/mol. The molecular formula is C22H24O5. The van der Waals surface area contributed by atoms with Gasteiger partial charge in [0.05, 0.1) is 12.0 Å². The number of fused-ring (bicyclic) bond motifs is 1. The predicted molar refractivity (Wildman–Crippen MR) is 98.5 cm³/mol. The highest BCUT2D eigenvalue weighted by Gasteiger charge is 2.60. The second-order valence-electron chi connectivity index (χ2n) is 7.74. The van der Waals surface area contributed by atoms with E-state index in [1.807, 2.05) is 32.0 Å². The highest BCUT2D eigenvalue weighted by molar-refractivity contribution is 5.71. The standard InChI is InChI=1S/C22H24O5/c1-13-24-20(25-13)22(21-26-14(2)27-21)10-17-8-15(12-23)9-18(19(17)11-22)16-6-4-3-5-7-16/h3-9,13-14,20-21,23H,10-12H2,1-2H3. The SMILES string of the molecule is CC1OC(C2(C3OC(C)O3)Cc3cc(CO)cc(-c4ccccc4)c3C2)O1. The maximum atomic E-state index is 9.77. The fraction of sp³-hybridized carbons (Fsp3) is 0.455. The average Bonchev–Trinajstić information content (AvgIpc) is 3.02. The summed E-state index contributed by atoms with van der Waals surface area (Å²) in [6.45, 7) is 3.81. The number of aliphatic hydroxyl groups is 1. The molecule has 2 heterocycles. The number of hydrogen-bond donors (Lipinski definition) is 1. The topological polar surface area (TPSA) is 57.2 Å². The van der Waals surface area contributed by atoms with Crippen LogP contribution >= 0.6 is 0 Å². The molecule has 2 aromatic rings. The van der Waals surface area contributed by atoms with Crippen molar-refractivity contribution in [3.63, 3.8) is 0 Å². The van der Waals surface area contributed by atoms with Crippen molar-refractivity contribution < 1.29 is 24.1 Å². The maximum absolute atomic E-state index is 9.77. The van der Waals surface area contributed by atoms with Crippen LogP contribution in [-0.4, -0.2) is 30.3 Å². The molecule has 2 aliphatic heterocycles. The van der Waals surface area contributed by atoms with Gasteiger partial charge in [-0.3, -0.25) is 0 Å². The van der Waals surface area contributed by atoms with Crippen LogP contribution in [-0.2, 0) is 38.4 Å². The molecule has 0 spiro atoms. The summed E-state index contributed by atoms with van der Waals surface area (Å²) in [6.07, 6.45) is 0.402. The molecule has 5 rings (SSSR count). The van der Waals surface area contributed by atoms with Crippen LogP contribution in [0, 0.1) is 5.41 Å². The quantitative estimate of drug-likeness (QED) is 0.897. The summed E-state index contributed by atoms with van der Waals surface area (Å²) in [5.41, 5.74) is 5.27. The summed E-state index contributed by atoms with van der Waals surface area (Å²) >= 11 is 0. The van der Waals surface area contributed by atoms with Crippen LogP contribution in [0.1, 0.15) is 30.5 Å². The number of ether oxygens (including phenoxy) is 4. The van der Waals surface area contributed by atoms with Crippen molar-refractivity contribution in [3.8, 4) is 11.1 Å². The van der Waals surface area contributed by atoms with Gasteiger partial charge in [0.1, 0.15) is 0 Å². The van der Waals surface area contributed by atoms with Gasteiger partial charge in [0, 0.05) is 0 Å². The van der Waals surface area contributed by atoms with Crippen molar-refractivity contribution >= 4 is 0 Å². The molecule has 142 valence electrons. The molecule has 5 nitrogen and oxygen atoms in total. The van der Waals surface area contributed by atoms with E-state index in [1.165, 1.54) is 11.1 Å². The zero-order valence-corrected chi connectivity index (χ0v) is 15.6. The van der Waals surface area contributed by atoms with Gasteiger partial charge in [0.2, 0.25) is 0 Å². The molecule has 2 aromatic carbocycles. The Hall–Kier alpha value is -1.76. The van der Waals surface area contributed by atoms with Crippen LogP contribution in [0.3, 0.4) is 0 Å². The van der Waals surface area contributed by atoms with Gasteiger partial charge in [-0.2, -0.15) is 0 Å². The number of hydrogen-bond acceptors (Lipinski definition) is 5. The first-order valence-corrected chi connectivity index (χ1v) is 9.52. The third kappa shape index (κ3) is 2.73. The number of rotatable bonds is 4. The molecule has 0 atom stereocenters. The Bertz CT molecular complexity index is 819. The van der Waals surface area contributed by atoms with E-state index in [9.17, 15) is 5.11 Å². The van der Waals surface area contributed by atoms with E-state index in [0.29, 0.717) is 0 Å². The van der Waals surface area contributed by atoms with E-state index >= 15 is 0 Å². The summed E-state index contributed by atoms with van der Waals surface area (Å²) in [5.74, 6) is 0. The molecule has 2 fully saturated rings. The van der Waals surface area contributed by atoms with Gasteiger partial charge in [-0.1, -0.05) is 36.4 Å². The second-order valence-corrected chi connectivity index (χ2v) is 7.74. The molecule has 0 bridgehead atoms. The molecule has 5 heteroatoms. The van der Waals surface area contributed by atoms with Crippen molar-refractivity contribution in [2.75, 3.05) is 0 Å². The summed E-state index contributed by atoms with van der Waals surface area (Å²) in [4.78, 5) is 0. The van der Waals surface area contributed by atoms with Gasteiger partial charge in [-0.15, -0.1) is 0 Å². The van der Waals surface area contributed by atoms with E-state index in [0.717, 1.165) is 29.5 Å². The van der Waals surface area contributed by atoms with Crippen LogP contribution in [0.5, 0.6) is 0 Å². The van der Waals surface area contributed by atoms with Gasteiger partial charge in [0.25, 0.3) is 0 Å². The highest BCUT2D eigenvalue weighted by atomic mass is 16.9. The zero-order valence-electron chi connectivity index (χ0n) is 15.6. The third-order valence-corrected chi connectivity index (χ3v) is 5.89. The lowest BCUT2D eigenvalue weighted by molar-refractivity contribution is -0.479. The van der Waals surface area contributed by atoms with Crippen molar-refractivity contribution in [3.05, 3.63) is 59.2 Å². The normalized spacial score (nSPS) is 34.6. The van der Waals surface area contributed by atoms with E-state index < -0.39 is 5.41 Å². The van der Waals surface area contributed by atoms with Crippen molar-refractivity contribution in [2.45, 2.75) is 58.5 Å². The third-order valence-electron chi connectivity index (χ3n) is 5.89. The molecule has 0 unspecified atom stereocenters. The molecule has 0 aromatic heterocycles. The molecule has 0 radical (unpaired) electrons. The molecule has 3 aliphatic rings. The maximum Gasteiger partial charge on any atom is 0.174 e. The molecule has 1 aliphatic carbocycles. The van der Waals surface area contributed by atoms with Crippen molar-refractivity contribution in [1.29, 1.82) is 0 Å². The Morgan fingerprint density at radius 3 is 2.11 bits per heavy atom. The van der Waals surface area contributed by atoms with Gasteiger partial charge >= 0.3 is 0 Å². The average molecular weight is 368 g/mol. The van der Waals surface area contributed by atoms with Crippen LogP contribution in [0.4, 0.5) is 0 Å². The Balaban J connectivity index is 1.58. The molecule has 0 saturated carbocycles. The van der Waals surface area contributed by atoms with Crippen molar-refractivity contribution in [1.82, 2.24) is 0 Å². The van der Waals surface area contributed by atoms with E-state index in [2.05, 4.69) is 24.3 Å². The summed E-state index contributed by atoms with van der Waals surface area (Å²) < 4.78 is 23.7. The number of aliphatic hydroxyl groups excluding tert-OH is 1. The minimum absolute atomic E-state index is 0.0149. The van der Waals surface area contributed by atoms with Gasteiger partial charge in [0.15, 0.2) is 25.2 Å². The Morgan fingerprint density at radius 1 is 0.926 bits per heavy atom. The largest absolute Gasteiger partial charge is 0.392 e. The smallest absolute Gasteiger partial charge is 0.174 e. The Morgan fingerprint density at radius 2 is 1.56 bits per heavy atom. The van der Waals surface area contributed by atoms with E-state index in [1.54, 1.807) is 0 Å². The van der Waals surface area contributed by atoms with Crippen LogP contribution in [0.25, 0.3) is 11.1 Å². The lowest BCUT2D eigenvalue weighted by Crippen LogP contribution is -2.62. The summed E-state index contributed by atoms with van der Waals surface area (Å²) in [7, 11) is 0. The summed E-state index contributed by atoms with van der Waals surface area (Å²) in [6, 6.07) is 14.5. The molecule has 27 heavy (non-hydrogen) atoms. The molecule has 2 saturated heterocycles. The fourth-order valence-corrected chi connectivity index (χ4v) is 4.58. The Labute approximate surface area is 158 Å². The molecule has 0 amide bonds. The minimum atomic E-state index is -0.404. The first-order valence-electron chi connectivity index (χ1n) is 9.52. The highest BCUT2D eigenvalue weighted by Crippen LogP contribution is 2.53. The first kappa shape index (κ1) is 17.3. The molecule has 1 N–H and O–H groups in total. The fourth-order valence-electron chi connectivity index (χ4n) is 4.58. The lowest BCUT2D eigenvalue weighted by Gasteiger charge is -2.52. The van der Waals surface area contributed by atoms with E-state index in [-0.39, 0.29) is 31.8 Å². The Kier molecular flexibility index (Phi) is 4.11. The van der Waals surface area contributed by atoms with Gasteiger partial charge in [-0.25, -0.2) is 0 Å². The second kappa shape index (κ2) is 6.40. The van der Waals surface area contributed by atoms with Crippen LogP contribution in [0.2, 0.25) is 0 Å². The van der Waals surface area contributed by atoms with Crippen LogP contribution in [0.15, 0.2) is 42.5 Å². The number of benzene rings is 2.